The van der Waals surface area contributed by atoms with E-state index >= 15 is 0 Å². The molecule has 2 N–H and O–H groups in total. The third-order valence-corrected chi connectivity index (χ3v) is 4.16. The molecular weight excluding hydrogens is 238 g/mol. The lowest BCUT2D eigenvalue weighted by molar-refractivity contribution is 0.229. The number of rotatable bonds is 7. The molecule has 19 heavy (non-hydrogen) atoms. The molecule has 0 aromatic carbocycles. The van der Waals surface area contributed by atoms with Crippen LogP contribution in [-0.2, 0) is 0 Å². The molecule has 0 saturated heterocycles. The van der Waals surface area contributed by atoms with Gasteiger partial charge >= 0.3 is 6.03 Å². The van der Waals surface area contributed by atoms with Crippen LogP contribution in [0.2, 0.25) is 0 Å². The fourth-order valence-electron chi connectivity index (χ4n) is 2.74. The van der Waals surface area contributed by atoms with Crippen molar-refractivity contribution in [2.24, 2.45) is 11.8 Å². The molecule has 4 nitrogen and oxygen atoms in total. The molecular formula is C15H31N3O. The van der Waals surface area contributed by atoms with Crippen LogP contribution in [-0.4, -0.2) is 44.7 Å². The second kappa shape index (κ2) is 9.18. The minimum Gasteiger partial charge on any atom is -0.338 e. The minimum atomic E-state index is -0.00336. The van der Waals surface area contributed by atoms with Crippen LogP contribution in [0.25, 0.3) is 0 Å². The zero-order valence-electron chi connectivity index (χ0n) is 12.9. The van der Waals surface area contributed by atoms with E-state index in [4.69, 9.17) is 0 Å². The molecule has 0 aromatic heterocycles. The van der Waals surface area contributed by atoms with Crippen LogP contribution < -0.4 is 10.6 Å². The van der Waals surface area contributed by atoms with E-state index < -0.39 is 0 Å². The maximum Gasteiger partial charge on any atom is 0.314 e. The standard InChI is InChI=1S/C15H31N3O/c1-4-13-6-8-14(9-7-13)12-17-15(19)16-10-5-11-18(2)3/h13-14H,4-12H2,1-3H3,(H2,16,17,19). The molecule has 112 valence electrons. The van der Waals surface area contributed by atoms with Gasteiger partial charge in [0.1, 0.15) is 0 Å². The maximum atomic E-state index is 11.6. The Hall–Kier alpha value is -0.770. The molecule has 1 rings (SSSR count). The Bertz CT molecular complexity index is 248. The Morgan fingerprint density at radius 2 is 1.74 bits per heavy atom. The number of hydrogen-bond donors (Lipinski definition) is 2. The van der Waals surface area contributed by atoms with Gasteiger partial charge in [-0.2, -0.15) is 0 Å². The van der Waals surface area contributed by atoms with Crippen LogP contribution in [0, 0.1) is 11.8 Å². The number of nitrogens with zero attached hydrogens (tertiary/aromatic N) is 1. The van der Waals surface area contributed by atoms with E-state index in [0.29, 0.717) is 5.92 Å². The average Bonchev–Trinajstić information content (AvgIpc) is 2.41. The summed E-state index contributed by atoms with van der Waals surface area (Å²) in [5, 5.41) is 5.93. The molecule has 1 saturated carbocycles. The van der Waals surface area contributed by atoms with E-state index in [1.165, 1.54) is 32.1 Å². The second-order valence-corrected chi connectivity index (χ2v) is 6.09. The highest BCUT2D eigenvalue weighted by atomic mass is 16.2. The van der Waals surface area contributed by atoms with Gasteiger partial charge in [-0.3, -0.25) is 0 Å². The molecule has 0 heterocycles. The Balaban J connectivity index is 2.01. The first-order chi connectivity index (χ1) is 9.11. The quantitative estimate of drug-likeness (QED) is 0.697. The first kappa shape index (κ1) is 16.3. The first-order valence-corrected chi connectivity index (χ1v) is 7.78. The molecule has 1 aliphatic rings. The van der Waals surface area contributed by atoms with Crippen molar-refractivity contribution in [3.05, 3.63) is 0 Å². The van der Waals surface area contributed by atoms with Gasteiger partial charge in [0.2, 0.25) is 0 Å². The van der Waals surface area contributed by atoms with E-state index in [-0.39, 0.29) is 6.03 Å². The smallest absolute Gasteiger partial charge is 0.314 e. The van der Waals surface area contributed by atoms with Gasteiger partial charge in [-0.15, -0.1) is 0 Å². The van der Waals surface area contributed by atoms with E-state index in [2.05, 4.69) is 22.5 Å². The van der Waals surface area contributed by atoms with Crippen molar-refractivity contribution >= 4 is 6.03 Å². The summed E-state index contributed by atoms with van der Waals surface area (Å²) in [6.07, 6.45) is 7.55. The third kappa shape index (κ3) is 7.41. The van der Waals surface area contributed by atoms with E-state index in [1.54, 1.807) is 0 Å². The van der Waals surface area contributed by atoms with Crippen LogP contribution in [0.4, 0.5) is 4.79 Å². The molecule has 0 aliphatic heterocycles. The van der Waals surface area contributed by atoms with Crippen molar-refractivity contribution < 1.29 is 4.79 Å². The Kier molecular flexibility index (Phi) is 7.87. The summed E-state index contributed by atoms with van der Waals surface area (Å²) >= 11 is 0. The van der Waals surface area contributed by atoms with Crippen molar-refractivity contribution in [1.82, 2.24) is 15.5 Å². The molecule has 0 aromatic rings. The van der Waals surface area contributed by atoms with Gasteiger partial charge in [-0.25, -0.2) is 4.79 Å². The van der Waals surface area contributed by atoms with Gasteiger partial charge in [0.15, 0.2) is 0 Å². The molecule has 1 aliphatic carbocycles. The molecule has 2 amide bonds. The lowest BCUT2D eigenvalue weighted by Crippen LogP contribution is -2.39. The predicted octanol–water partition coefficient (Wildman–Crippen LogP) is 2.45. The Morgan fingerprint density at radius 3 is 2.32 bits per heavy atom. The maximum absolute atomic E-state index is 11.6. The largest absolute Gasteiger partial charge is 0.338 e. The van der Waals surface area contributed by atoms with Gasteiger partial charge in [-0.05, 0) is 51.7 Å². The predicted molar refractivity (Wildman–Crippen MR) is 80.3 cm³/mol. The normalized spacial score (nSPS) is 23.4. The van der Waals surface area contributed by atoms with Gasteiger partial charge < -0.3 is 15.5 Å². The Labute approximate surface area is 118 Å². The monoisotopic (exact) mass is 269 g/mol. The van der Waals surface area contributed by atoms with Crippen molar-refractivity contribution in [3.63, 3.8) is 0 Å². The number of urea groups is 1. The molecule has 1 fully saturated rings. The first-order valence-electron chi connectivity index (χ1n) is 7.78. The lowest BCUT2D eigenvalue weighted by Gasteiger charge is -2.27. The summed E-state index contributed by atoms with van der Waals surface area (Å²) < 4.78 is 0. The van der Waals surface area contributed by atoms with Crippen molar-refractivity contribution in [2.75, 3.05) is 33.7 Å². The number of carbonyl (C=O) groups excluding carboxylic acids is 1. The van der Waals surface area contributed by atoms with E-state index in [0.717, 1.165) is 32.0 Å². The topological polar surface area (TPSA) is 44.4 Å². The summed E-state index contributed by atoms with van der Waals surface area (Å²) in [6, 6.07) is -0.00336. The van der Waals surface area contributed by atoms with Gasteiger partial charge in [-0.1, -0.05) is 26.2 Å². The number of nitrogens with one attached hydrogen (secondary N) is 2. The summed E-state index contributed by atoms with van der Waals surface area (Å²) in [5.74, 6) is 1.62. The van der Waals surface area contributed by atoms with Crippen LogP contribution >= 0.6 is 0 Å². The SMILES string of the molecule is CCC1CCC(CNC(=O)NCCCN(C)C)CC1. The van der Waals surface area contributed by atoms with Crippen LogP contribution in [0.5, 0.6) is 0 Å². The van der Waals surface area contributed by atoms with Crippen molar-refractivity contribution in [2.45, 2.75) is 45.4 Å². The lowest BCUT2D eigenvalue weighted by atomic mass is 9.81. The fraction of sp³-hybridized carbons (Fsp3) is 0.933. The van der Waals surface area contributed by atoms with E-state index in [1.807, 2.05) is 14.1 Å². The summed E-state index contributed by atoms with van der Waals surface area (Å²) in [6.45, 7) is 4.90. The van der Waals surface area contributed by atoms with Crippen LogP contribution in [0.15, 0.2) is 0 Å². The molecule has 4 heteroatoms. The number of hydrogen-bond acceptors (Lipinski definition) is 2. The van der Waals surface area contributed by atoms with Gasteiger partial charge in [0.05, 0.1) is 0 Å². The number of amides is 2. The van der Waals surface area contributed by atoms with E-state index in [9.17, 15) is 4.79 Å². The fourth-order valence-corrected chi connectivity index (χ4v) is 2.74. The molecule has 0 bridgehead atoms. The molecule has 0 unspecified atom stereocenters. The third-order valence-electron chi connectivity index (χ3n) is 4.16. The second-order valence-electron chi connectivity index (χ2n) is 6.09. The minimum absolute atomic E-state index is 0.00336. The zero-order chi connectivity index (χ0) is 14.1. The highest BCUT2D eigenvalue weighted by molar-refractivity contribution is 5.73. The molecule has 0 radical (unpaired) electrons. The summed E-state index contributed by atoms with van der Waals surface area (Å²) in [4.78, 5) is 13.7. The summed E-state index contributed by atoms with van der Waals surface area (Å²) in [7, 11) is 4.10. The highest BCUT2D eigenvalue weighted by Crippen LogP contribution is 2.29. The number of carbonyl (C=O) groups is 1. The van der Waals surface area contributed by atoms with Crippen LogP contribution in [0.1, 0.15) is 45.4 Å². The van der Waals surface area contributed by atoms with Gasteiger partial charge in [0, 0.05) is 13.1 Å². The molecule has 0 spiro atoms. The Morgan fingerprint density at radius 1 is 1.11 bits per heavy atom. The summed E-state index contributed by atoms with van der Waals surface area (Å²) in [5.41, 5.74) is 0. The molecule has 0 atom stereocenters. The average molecular weight is 269 g/mol. The van der Waals surface area contributed by atoms with Gasteiger partial charge in [0.25, 0.3) is 0 Å². The van der Waals surface area contributed by atoms with Crippen molar-refractivity contribution in [3.8, 4) is 0 Å². The van der Waals surface area contributed by atoms with Crippen LogP contribution in [0.3, 0.4) is 0 Å². The zero-order valence-corrected chi connectivity index (χ0v) is 12.9. The highest BCUT2D eigenvalue weighted by Gasteiger charge is 2.20. The van der Waals surface area contributed by atoms with Crippen molar-refractivity contribution in [1.29, 1.82) is 0 Å².